The van der Waals surface area contributed by atoms with Gasteiger partial charge in [0, 0.05) is 5.57 Å². The van der Waals surface area contributed by atoms with Gasteiger partial charge in [0.15, 0.2) is 0 Å². The highest BCUT2D eigenvalue weighted by atomic mass is 16.5. The van der Waals surface area contributed by atoms with Crippen LogP contribution in [-0.2, 0) is 9.53 Å². The first-order valence-corrected chi connectivity index (χ1v) is 4.54. The van der Waals surface area contributed by atoms with E-state index >= 15 is 0 Å². The van der Waals surface area contributed by atoms with Gasteiger partial charge in [-0.1, -0.05) is 27.4 Å². The van der Waals surface area contributed by atoms with Gasteiger partial charge in [0.25, 0.3) is 0 Å². The summed E-state index contributed by atoms with van der Waals surface area (Å²) in [5.41, 5.74) is 0.557. The fourth-order valence-corrected chi connectivity index (χ4v) is 0.834. The van der Waals surface area contributed by atoms with Crippen molar-refractivity contribution >= 4 is 5.97 Å². The van der Waals surface area contributed by atoms with Crippen LogP contribution in [0.3, 0.4) is 0 Å². The van der Waals surface area contributed by atoms with E-state index in [2.05, 4.69) is 6.58 Å². The summed E-state index contributed by atoms with van der Waals surface area (Å²) in [4.78, 5) is 11.2. The number of carbonyl (C=O) groups is 1. The van der Waals surface area contributed by atoms with E-state index < -0.39 is 0 Å². The summed E-state index contributed by atoms with van der Waals surface area (Å²) in [6, 6.07) is 0. The van der Waals surface area contributed by atoms with E-state index in [0.717, 1.165) is 12.8 Å². The fourth-order valence-electron chi connectivity index (χ4n) is 0.834. The number of hydrogen-bond acceptors (Lipinski definition) is 3. The summed E-state index contributed by atoms with van der Waals surface area (Å²) in [6.45, 7) is 9.54. The largest absolute Gasteiger partial charge is 0.459 e. The lowest BCUT2D eigenvalue weighted by Crippen LogP contribution is -2.17. The van der Waals surface area contributed by atoms with Crippen LogP contribution in [0.25, 0.3) is 0 Å². The molecule has 0 saturated heterocycles. The minimum atomic E-state index is -0.244. The predicted octanol–water partition coefficient (Wildman–Crippen LogP) is 2.85. The molecule has 78 valence electrons. The standard InChI is InChI=1S/C10H18O2.H3N/c1-5-8(4)10(11)12-9(6-2)7-3;/h9H,4-7H2,1-3H3;1H3. The Morgan fingerprint density at radius 2 is 1.77 bits per heavy atom. The Bertz CT molecular complexity index is 162. The van der Waals surface area contributed by atoms with Crippen molar-refractivity contribution in [1.29, 1.82) is 0 Å². The van der Waals surface area contributed by atoms with E-state index in [0.29, 0.717) is 12.0 Å². The van der Waals surface area contributed by atoms with E-state index in [1.807, 2.05) is 20.8 Å². The lowest BCUT2D eigenvalue weighted by atomic mass is 10.2. The van der Waals surface area contributed by atoms with Crippen molar-refractivity contribution in [3.63, 3.8) is 0 Å². The molecule has 0 heterocycles. The third kappa shape index (κ3) is 5.42. The minimum Gasteiger partial charge on any atom is -0.459 e. The molecule has 0 spiro atoms. The van der Waals surface area contributed by atoms with Crippen molar-refractivity contribution in [2.75, 3.05) is 0 Å². The van der Waals surface area contributed by atoms with Crippen LogP contribution < -0.4 is 6.15 Å². The number of esters is 1. The molecule has 3 heteroatoms. The van der Waals surface area contributed by atoms with Crippen molar-refractivity contribution in [2.45, 2.75) is 46.1 Å². The molecule has 0 unspecified atom stereocenters. The number of hydrogen-bond donors (Lipinski definition) is 1. The van der Waals surface area contributed by atoms with Crippen LogP contribution in [0, 0.1) is 0 Å². The second-order valence-corrected chi connectivity index (χ2v) is 2.80. The quantitative estimate of drug-likeness (QED) is 0.531. The van der Waals surface area contributed by atoms with E-state index in [9.17, 15) is 4.79 Å². The molecule has 0 aromatic carbocycles. The first-order valence-electron chi connectivity index (χ1n) is 4.54. The molecule has 0 bridgehead atoms. The molecule has 0 atom stereocenters. The van der Waals surface area contributed by atoms with Crippen LogP contribution in [0.1, 0.15) is 40.0 Å². The van der Waals surface area contributed by atoms with Crippen LogP contribution >= 0.6 is 0 Å². The van der Waals surface area contributed by atoms with Gasteiger partial charge in [-0.3, -0.25) is 0 Å². The molecule has 0 aliphatic rings. The maximum Gasteiger partial charge on any atom is 0.333 e. The Labute approximate surface area is 80.7 Å². The molecule has 0 saturated carbocycles. The molecule has 13 heavy (non-hydrogen) atoms. The van der Waals surface area contributed by atoms with Gasteiger partial charge in [0.2, 0.25) is 0 Å². The molecular formula is C10H21NO2. The van der Waals surface area contributed by atoms with Gasteiger partial charge in [0.05, 0.1) is 0 Å². The zero-order valence-corrected chi connectivity index (χ0v) is 8.93. The van der Waals surface area contributed by atoms with Crippen molar-refractivity contribution in [3.05, 3.63) is 12.2 Å². The average Bonchev–Trinajstić information content (AvgIpc) is 2.12. The van der Waals surface area contributed by atoms with Gasteiger partial charge >= 0.3 is 5.97 Å². The maximum absolute atomic E-state index is 11.2. The zero-order chi connectivity index (χ0) is 9.56. The summed E-state index contributed by atoms with van der Waals surface area (Å²) in [6.07, 6.45) is 2.47. The van der Waals surface area contributed by atoms with Crippen molar-refractivity contribution in [2.24, 2.45) is 0 Å². The zero-order valence-electron chi connectivity index (χ0n) is 8.93. The molecule has 0 aromatic heterocycles. The molecule has 0 aliphatic carbocycles. The van der Waals surface area contributed by atoms with Crippen molar-refractivity contribution in [1.82, 2.24) is 6.15 Å². The Morgan fingerprint density at radius 3 is 2.08 bits per heavy atom. The SMILES string of the molecule is C=C(CC)C(=O)OC(CC)CC.N. The Balaban J connectivity index is 0. The van der Waals surface area contributed by atoms with Gasteiger partial charge < -0.3 is 10.9 Å². The molecule has 0 aromatic rings. The Hall–Kier alpha value is -0.830. The topological polar surface area (TPSA) is 61.3 Å². The molecule has 0 rings (SSSR count). The molecule has 0 fully saturated rings. The van der Waals surface area contributed by atoms with Gasteiger partial charge in [0.1, 0.15) is 6.10 Å². The second kappa shape index (κ2) is 7.80. The predicted molar refractivity (Wildman–Crippen MR) is 54.9 cm³/mol. The molecule has 0 aliphatic heterocycles. The molecule has 0 radical (unpaired) electrons. The number of rotatable bonds is 5. The third-order valence-electron chi connectivity index (χ3n) is 1.90. The van der Waals surface area contributed by atoms with Gasteiger partial charge in [-0.15, -0.1) is 0 Å². The molecule has 0 amide bonds. The third-order valence-corrected chi connectivity index (χ3v) is 1.90. The summed E-state index contributed by atoms with van der Waals surface area (Å²) >= 11 is 0. The Morgan fingerprint density at radius 1 is 1.31 bits per heavy atom. The van der Waals surface area contributed by atoms with Crippen molar-refractivity contribution in [3.8, 4) is 0 Å². The smallest absolute Gasteiger partial charge is 0.333 e. The van der Waals surface area contributed by atoms with Crippen LogP contribution in [0.4, 0.5) is 0 Å². The Kier molecular flexibility index (Phi) is 8.81. The van der Waals surface area contributed by atoms with Crippen LogP contribution in [0.2, 0.25) is 0 Å². The van der Waals surface area contributed by atoms with Crippen LogP contribution in [0.5, 0.6) is 0 Å². The monoisotopic (exact) mass is 187 g/mol. The van der Waals surface area contributed by atoms with Crippen LogP contribution in [-0.4, -0.2) is 12.1 Å². The van der Waals surface area contributed by atoms with E-state index in [4.69, 9.17) is 4.74 Å². The van der Waals surface area contributed by atoms with E-state index in [-0.39, 0.29) is 18.2 Å². The normalized spacial score (nSPS) is 9.23. The van der Waals surface area contributed by atoms with Crippen molar-refractivity contribution < 1.29 is 9.53 Å². The summed E-state index contributed by atoms with van der Waals surface area (Å²) in [7, 11) is 0. The number of carbonyl (C=O) groups excluding carboxylic acids is 1. The molecular weight excluding hydrogens is 166 g/mol. The van der Waals surface area contributed by atoms with Crippen LogP contribution in [0.15, 0.2) is 12.2 Å². The summed E-state index contributed by atoms with van der Waals surface area (Å²) in [5, 5.41) is 0. The summed E-state index contributed by atoms with van der Waals surface area (Å²) < 4.78 is 5.16. The first-order chi connectivity index (χ1) is 5.65. The highest BCUT2D eigenvalue weighted by molar-refractivity contribution is 5.87. The first kappa shape index (κ1) is 14.7. The number of ether oxygens (including phenoxy) is 1. The fraction of sp³-hybridized carbons (Fsp3) is 0.700. The maximum atomic E-state index is 11.2. The highest BCUT2D eigenvalue weighted by Gasteiger charge is 2.11. The minimum absolute atomic E-state index is 0. The molecule has 3 nitrogen and oxygen atoms in total. The lowest BCUT2D eigenvalue weighted by molar-refractivity contribution is -0.144. The highest BCUT2D eigenvalue weighted by Crippen LogP contribution is 2.07. The summed E-state index contributed by atoms with van der Waals surface area (Å²) in [5.74, 6) is -0.244. The van der Waals surface area contributed by atoms with E-state index in [1.165, 1.54) is 0 Å². The lowest BCUT2D eigenvalue weighted by Gasteiger charge is -2.14. The van der Waals surface area contributed by atoms with Gasteiger partial charge in [-0.05, 0) is 19.3 Å². The van der Waals surface area contributed by atoms with Gasteiger partial charge in [-0.2, -0.15) is 0 Å². The van der Waals surface area contributed by atoms with E-state index in [1.54, 1.807) is 0 Å². The second-order valence-electron chi connectivity index (χ2n) is 2.80. The molecule has 3 N–H and O–H groups in total. The van der Waals surface area contributed by atoms with Gasteiger partial charge in [-0.25, -0.2) is 4.79 Å². The average molecular weight is 187 g/mol.